The average molecular weight is 885 g/mol. The van der Waals surface area contributed by atoms with Crippen LogP contribution >= 0.6 is 46.4 Å². The summed E-state index contributed by atoms with van der Waals surface area (Å²) in [7, 11) is 2.73. The van der Waals surface area contributed by atoms with Crippen LogP contribution in [0.3, 0.4) is 0 Å². The van der Waals surface area contributed by atoms with Crippen LogP contribution in [0.5, 0.6) is 23.0 Å². The zero-order valence-electron chi connectivity index (χ0n) is 31.6. The van der Waals surface area contributed by atoms with Crippen molar-refractivity contribution < 1.29 is 47.7 Å². The van der Waals surface area contributed by atoms with Gasteiger partial charge in [0.25, 0.3) is 11.8 Å². The minimum atomic E-state index is -1.40. The van der Waals surface area contributed by atoms with Crippen molar-refractivity contribution >= 4 is 93.9 Å². The van der Waals surface area contributed by atoms with E-state index >= 15 is 0 Å². The van der Waals surface area contributed by atoms with Crippen LogP contribution in [-0.2, 0) is 41.6 Å². The van der Waals surface area contributed by atoms with Crippen LogP contribution in [0.15, 0.2) is 109 Å². The van der Waals surface area contributed by atoms with Crippen molar-refractivity contribution in [3.05, 3.63) is 131 Å². The smallest absolute Gasteiger partial charge is 0.334 e. The van der Waals surface area contributed by atoms with Crippen molar-refractivity contribution in [1.29, 1.82) is 0 Å². The van der Waals surface area contributed by atoms with E-state index in [-0.39, 0.29) is 35.8 Å². The first-order valence-corrected chi connectivity index (χ1v) is 19.5. The predicted molar refractivity (Wildman–Crippen MR) is 225 cm³/mol. The molecule has 0 saturated carbocycles. The van der Waals surface area contributed by atoms with Gasteiger partial charge in [-0.2, -0.15) is 0 Å². The maximum atomic E-state index is 13.2. The molecule has 2 amide bonds. The first kappa shape index (κ1) is 46.0. The molecule has 0 saturated heterocycles. The van der Waals surface area contributed by atoms with E-state index in [0.717, 1.165) is 11.1 Å². The van der Waals surface area contributed by atoms with Crippen molar-refractivity contribution in [3.63, 3.8) is 0 Å². The molecule has 308 valence electrons. The van der Waals surface area contributed by atoms with Gasteiger partial charge in [-0.05, 0) is 58.7 Å². The molecule has 2 atom stereocenters. The third kappa shape index (κ3) is 14.9. The molecule has 0 radical (unpaired) electrons. The van der Waals surface area contributed by atoms with Gasteiger partial charge in [-0.15, -0.1) is 0 Å². The average Bonchev–Trinajstić information content (AvgIpc) is 3.22. The van der Waals surface area contributed by atoms with Crippen LogP contribution in [0, 0.1) is 0 Å². The fourth-order valence-corrected chi connectivity index (χ4v) is 5.58. The monoisotopic (exact) mass is 882 g/mol. The van der Waals surface area contributed by atoms with Crippen molar-refractivity contribution in [2.45, 2.75) is 41.0 Å². The first-order chi connectivity index (χ1) is 28.3. The highest BCUT2D eigenvalue weighted by Crippen LogP contribution is 2.30. The second-order valence-corrected chi connectivity index (χ2v) is 14.7. The van der Waals surface area contributed by atoms with E-state index in [9.17, 15) is 28.8 Å². The number of benzene rings is 4. The van der Waals surface area contributed by atoms with Gasteiger partial charge in [0.1, 0.15) is 12.1 Å². The summed E-state index contributed by atoms with van der Waals surface area (Å²) in [6, 6.07) is 24.8. The summed E-state index contributed by atoms with van der Waals surface area (Å²) >= 11 is 22.8. The van der Waals surface area contributed by atoms with E-state index in [4.69, 9.17) is 65.4 Å². The fourth-order valence-electron chi connectivity index (χ4n) is 5.33. The number of esters is 2. The van der Waals surface area contributed by atoms with Crippen molar-refractivity contribution in [2.24, 2.45) is 0 Å². The van der Waals surface area contributed by atoms with Gasteiger partial charge in [0.2, 0.25) is 0 Å². The number of hydrogen-bond acceptors (Lipinski definition) is 10. The lowest BCUT2D eigenvalue weighted by molar-refractivity contribution is -0.139. The van der Waals surface area contributed by atoms with Gasteiger partial charge in [0.05, 0.1) is 20.6 Å². The Morgan fingerprint density at radius 3 is 1.25 bits per heavy atom. The van der Waals surface area contributed by atoms with Crippen LogP contribution in [0.25, 0.3) is 12.2 Å². The Labute approximate surface area is 360 Å². The summed E-state index contributed by atoms with van der Waals surface area (Å²) in [5.41, 5.74) is 2.51. The number of amides is 2. The van der Waals surface area contributed by atoms with Crippen LogP contribution in [0.1, 0.15) is 28.7 Å². The molecule has 0 spiro atoms. The van der Waals surface area contributed by atoms with Crippen LogP contribution in [-0.4, -0.2) is 71.3 Å². The summed E-state index contributed by atoms with van der Waals surface area (Å²) in [5.74, 6) is -3.66. The highest BCUT2D eigenvalue weighted by atomic mass is 35.5. The molecule has 0 aromatic heterocycles. The minimum absolute atomic E-state index is 0.0534. The largest absolute Gasteiger partial charge is 0.493 e. The number of hydrogen-bond donors (Lipinski definition) is 2. The lowest BCUT2D eigenvalue weighted by Gasteiger charge is -2.19. The minimum Gasteiger partial charge on any atom is -0.493 e. The molecule has 0 aliphatic rings. The van der Waals surface area contributed by atoms with Crippen molar-refractivity contribution in [1.82, 2.24) is 10.6 Å². The molecule has 0 fully saturated rings. The molecule has 4 aromatic carbocycles. The SMILES string of the molecule is COc1cc(/C=C/C(=O)CC(=O)/C=C/c2ccc(OC(=O)[C@H](Cc3ccccc3)NC(=O)C(Cl)Cl)c(OC)c2)ccc1OC(=O)[C@H](Cc1ccccc1)NC(=O)C(Cl)Cl. The van der Waals surface area contributed by atoms with Gasteiger partial charge < -0.3 is 29.6 Å². The second kappa shape index (κ2) is 23.1. The Morgan fingerprint density at radius 2 is 0.915 bits per heavy atom. The summed E-state index contributed by atoms with van der Waals surface area (Å²) in [4.78, 5) is 73.4. The lowest BCUT2D eigenvalue weighted by atomic mass is 10.1. The lowest BCUT2D eigenvalue weighted by Crippen LogP contribution is -2.46. The van der Waals surface area contributed by atoms with E-state index in [1.54, 1.807) is 60.7 Å². The zero-order chi connectivity index (χ0) is 42.9. The topological polar surface area (TPSA) is 163 Å². The Bertz CT molecular complexity index is 2030. The molecule has 0 aliphatic heterocycles. The highest BCUT2D eigenvalue weighted by molar-refractivity contribution is 6.54. The molecule has 59 heavy (non-hydrogen) atoms. The maximum absolute atomic E-state index is 13.2. The quantitative estimate of drug-likeness (QED) is 0.0316. The summed E-state index contributed by atoms with van der Waals surface area (Å²) in [6.45, 7) is 0. The van der Waals surface area contributed by atoms with Gasteiger partial charge in [0.15, 0.2) is 44.2 Å². The van der Waals surface area contributed by atoms with Crippen molar-refractivity contribution in [2.75, 3.05) is 14.2 Å². The molecule has 4 rings (SSSR count). The Morgan fingerprint density at radius 1 is 0.542 bits per heavy atom. The van der Waals surface area contributed by atoms with Gasteiger partial charge >= 0.3 is 11.9 Å². The number of allylic oxidation sites excluding steroid dienone is 2. The molecule has 2 N–H and O–H groups in total. The second-order valence-electron chi connectivity index (χ2n) is 12.5. The molecular formula is C43H38Cl4N2O10. The number of methoxy groups -OCH3 is 2. The van der Waals surface area contributed by atoms with Crippen LogP contribution in [0.4, 0.5) is 0 Å². The third-order valence-electron chi connectivity index (χ3n) is 8.23. The number of ether oxygens (including phenoxy) is 4. The fraction of sp³-hybridized carbons (Fsp3) is 0.209. The number of nitrogens with one attached hydrogen (secondary N) is 2. The Hall–Kier alpha value is -5.66. The number of alkyl halides is 4. The number of ketones is 2. The van der Waals surface area contributed by atoms with Crippen LogP contribution in [0.2, 0.25) is 0 Å². The number of halogens is 4. The van der Waals surface area contributed by atoms with Gasteiger partial charge in [-0.25, -0.2) is 9.59 Å². The first-order valence-electron chi connectivity index (χ1n) is 17.7. The molecule has 4 aromatic rings. The van der Waals surface area contributed by atoms with E-state index in [1.165, 1.54) is 62.8 Å². The highest BCUT2D eigenvalue weighted by Gasteiger charge is 2.28. The molecule has 12 nitrogen and oxygen atoms in total. The Balaban J connectivity index is 1.36. The summed E-state index contributed by atoms with van der Waals surface area (Å²) in [6.07, 6.45) is 5.17. The van der Waals surface area contributed by atoms with Gasteiger partial charge in [-0.1, -0.05) is 131 Å². The summed E-state index contributed by atoms with van der Waals surface area (Å²) in [5, 5.41) is 4.99. The van der Waals surface area contributed by atoms with E-state index < -0.39 is 63.5 Å². The zero-order valence-corrected chi connectivity index (χ0v) is 34.6. The number of carbonyl (C=O) groups is 6. The third-order valence-corrected chi connectivity index (χ3v) is 9.02. The Kier molecular flexibility index (Phi) is 18.0. The standard InChI is InChI=1S/C43H38Cl4N2O10/c1-56-36-23-28(15-19-34(36)58-42(54)32(48-40(52)38(44)45)21-26-9-5-3-6-10-26)13-17-30(50)25-31(51)18-14-29-16-20-35(37(24-29)57-2)59-43(55)33(49-41(53)39(46)47)22-27-11-7-4-8-12-27/h3-20,23-24,32-33,38-39H,21-22,25H2,1-2H3,(H,48,52)(H,49,53)/b17-13+,18-14+/t32-,33-/m0/s1. The van der Waals surface area contributed by atoms with Crippen molar-refractivity contribution in [3.8, 4) is 23.0 Å². The number of rotatable bonds is 20. The molecule has 0 bridgehead atoms. The van der Waals surface area contributed by atoms with E-state index in [0.29, 0.717) is 11.1 Å². The van der Waals surface area contributed by atoms with Gasteiger partial charge in [-0.3, -0.25) is 19.2 Å². The van der Waals surface area contributed by atoms with Crippen LogP contribution < -0.4 is 29.6 Å². The molecule has 16 heteroatoms. The molecule has 0 heterocycles. The van der Waals surface area contributed by atoms with Gasteiger partial charge in [0, 0.05) is 12.8 Å². The maximum Gasteiger partial charge on any atom is 0.334 e. The molecule has 0 unspecified atom stereocenters. The molecular weight excluding hydrogens is 846 g/mol. The predicted octanol–water partition coefficient (Wildman–Crippen LogP) is 6.83. The van der Waals surface area contributed by atoms with E-state index in [2.05, 4.69) is 10.6 Å². The molecule has 0 aliphatic carbocycles. The normalized spacial score (nSPS) is 12.2. The van der Waals surface area contributed by atoms with E-state index in [1.807, 2.05) is 12.1 Å². The number of carbonyl (C=O) groups excluding carboxylic acids is 6. The summed E-state index contributed by atoms with van der Waals surface area (Å²) < 4.78 is 21.9.